The highest BCUT2D eigenvalue weighted by atomic mass is 16.7. The van der Waals surface area contributed by atoms with Crippen molar-refractivity contribution >= 4 is 17.7 Å². The first kappa shape index (κ1) is 34.4. The van der Waals surface area contributed by atoms with Gasteiger partial charge < -0.3 is 40.3 Å². The molecule has 40 heavy (non-hydrogen) atoms. The lowest BCUT2D eigenvalue weighted by Gasteiger charge is -2.42. The zero-order valence-electron chi connectivity index (χ0n) is 25.1. The fourth-order valence-corrected chi connectivity index (χ4v) is 5.59. The molecule has 2 fully saturated rings. The second kappa shape index (κ2) is 16.6. The third-order valence-corrected chi connectivity index (χ3v) is 7.51. The summed E-state index contributed by atoms with van der Waals surface area (Å²) >= 11 is 0. The van der Waals surface area contributed by atoms with Gasteiger partial charge in [0.15, 0.2) is 6.29 Å². The minimum Gasteiger partial charge on any atom is -0.394 e. The maximum Gasteiger partial charge on any atom is 0.222 e. The summed E-state index contributed by atoms with van der Waals surface area (Å²) in [5.74, 6) is 0.352. The molecule has 7 atom stereocenters. The zero-order chi connectivity index (χ0) is 29.9. The Morgan fingerprint density at radius 2 is 1.73 bits per heavy atom. The van der Waals surface area contributed by atoms with Crippen LogP contribution in [-0.2, 0) is 23.9 Å². The molecular weight excluding hydrogens is 518 g/mol. The second-order valence-electron chi connectivity index (χ2n) is 12.7. The van der Waals surface area contributed by atoms with Gasteiger partial charge in [0, 0.05) is 45.5 Å². The summed E-state index contributed by atoms with van der Waals surface area (Å²) in [6.07, 6.45) is 1.93. The van der Waals surface area contributed by atoms with Gasteiger partial charge in [-0.15, -0.1) is 0 Å². The van der Waals surface area contributed by atoms with Crippen LogP contribution in [0.3, 0.4) is 0 Å². The number of rotatable bonds is 15. The van der Waals surface area contributed by atoms with E-state index >= 15 is 0 Å². The van der Waals surface area contributed by atoms with E-state index in [2.05, 4.69) is 43.2 Å². The number of carbonyl (C=O) groups excluding carboxylic acids is 3. The molecule has 0 saturated carbocycles. The lowest BCUT2D eigenvalue weighted by molar-refractivity contribution is -0.270. The molecule has 0 radical (unpaired) electrons. The Balaban J connectivity index is 1.57. The van der Waals surface area contributed by atoms with Crippen LogP contribution in [-0.4, -0.2) is 101 Å². The van der Waals surface area contributed by atoms with E-state index in [4.69, 9.17) is 9.47 Å². The Labute approximate surface area is 239 Å². The monoisotopic (exact) mass is 571 g/mol. The summed E-state index contributed by atoms with van der Waals surface area (Å²) in [5, 5.41) is 35.2. The number of hydrogen-bond acceptors (Lipinski definition) is 8. The largest absolute Gasteiger partial charge is 0.394 e. The summed E-state index contributed by atoms with van der Waals surface area (Å²) in [5.41, 5.74) is 0.205. The molecule has 2 aliphatic rings. The quantitative estimate of drug-likeness (QED) is 0.185. The lowest BCUT2D eigenvalue weighted by atomic mass is 9.86. The van der Waals surface area contributed by atoms with Crippen molar-refractivity contribution in [2.24, 2.45) is 11.3 Å². The van der Waals surface area contributed by atoms with Crippen LogP contribution in [0.1, 0.15) is 92.4 Å². The number of amides is 3. The molecule has 11 nitrogen and oxygen atoms in total. The third kappa shape index (κ3) is 11.6. The van der Waals surface area contributed by atoms with Crippen LogP contribution in [0.5, 0.6) is 0 Å². The summed E-state index contributed by atoms with van der Waals surface area (Å²) in [4.78, 5) is 38.6. The van der Waals surface area contributed by atoms with E-state index < -0.39 is 43.2 Å². The van der Waals surface area contributed by atoms with E-state index in [1.165, 1.54) is 6.92 Å². The maximum absolute atomic E-state index is 12.8. The zero-order valence-corrected chi connectivity index (χ0v) is 25.1. The van der Waals surface area contributed by atoms with E-state index in [-0.39, 0.29) is 23.8 Å². The van der Waals surface area contributed by atoms with Crippen LogP contribution in [0.25, 0.3) is 0 Å². The van der Waals surface area contributed by atoms with Crippen LogP contribution in [0.4, 0.5) is 0 Å². The van der Waals surface area contributed by atoms with Crippen LogP contribution in [0.2, 0.25) is 0 Å². The molecule has 0 spiro atoms. The van der Waals surface area contributed by atoms with Crippen molar-refractivity contribution in [2.75, 3.05) is 26.3 Å². The van der Waals surface area contributed by atoms with Crippen LogP contribution in [0.15, 0.2) is 0 Å². The van der Waals surface area contributed by atoms with E-state index in [9.17, 15) is 29.7 Å². The van der Waals surface area contributed by atoms with Crippen molar-refractivity contribution in [2.45, 2.75) is 129 Å². The molecule has 0 aromatic heterocycles. The van der Waals surface area contributed by atoms with Gasteiger partial charge in [-0.3, -0.25) is 14.4 Å². The Bertz CT molecular complexity index is 805. The minimum atomic E-state index is -1.36. The number of unbranched alkanes of at least 4 members (excludes halogenated alkanes) is 3. The van der Waals surface area contributed by atoms with Crippen LogP contribution >= 0.6 is 0 Å². The molecule has 0 aliphatic carbocycles. The fraction of sp³-hybridized carbons (Fsp3) is 0.897. The van der Waals surface area contributed by atoms with E-state index in [0.717, 1.165) is 38.6 Å². The topological polar surface area (TPSA) is 158 Å². The number of nitrogens with one attached hydrogen (secondary N) is 2. The van der Waals surface area contributed by atoms with Crippen molar-refractivity contribution < 1.29 is 39.2 Å². The molecule has 0 bridgehead atoms. The molecule has 2 aliphatic heterocycles. The smallest absolute Gasteiger partial charge is 0.222 e. The SMILES string of the molecule is CC(=O)NC1C(OCCCCC(=O)NCCCCCC(=O)N2C[C@H](C)C[C@H]2CC(C)(C)C)OC(CO)C(O)C1O. The molecular formula is C29H53N3O8. The number of hydrogen-bond donors (Lipinski definition) is 5. The first-order valence-corrected chi connectivity index (χ1v) is 14.9. The number of nitrogens with zero attached hydrogens (tertiary/aromatic N) is 1. The fourth-order valence-electron chi connectivity index (χ4n) is 5.59. The Hall–Kier alpha value is -1.79. The Morgan fingerprint density at radius 3 is 2.38 bits per heavy atom. The summed E-state index contributed by atoms with van der Waals surface area (Å²) in [6, 6.07) is -0.629. The van der Waals surface area contributed by atoms with Crippen molar-refractivity contribution in [1.29, 1.82) is 0 Å². The number of aliphatic hydroxyl groups excluding tert-OH is 3. The average Bonchev–Trinajstić information content (AvgIpc) is 3.22. The first-order chi connectivity index (χ1) is 18.8. The average molecular weight is 572 g/mol. The van der Waals surface area contributed by atoms with Crippen LogP contribution in [0, 0.1) is 11.3 Å². The van der Waals surface area contributed by atoms with Gasteiger partial charge in [-0.25, -0.2) is 0 Å². The summed E-state index contributed by atoms with van der Waals surface area (Å²) < 4.78 is 11.2. The van der Waals surface area contributed by atoms with Gasteiger partial charge in [0.1, 0.15) is 24.4 Å². The molecule has 232 valence electrons. The predicted molar refractivity (Wildman–Crippen MR) is 150 cm³/mol. The van der Waals surface area contributed by atoms with Crippen molar-refractivity contribution in [1.82, 2.24) is 15.5 Å². The van der Waals surface area contributed by atoms with Gasteiger partial charge in [-0.05, 0) is 49.9 Å². The third-order valence-electron chi connectivity index (χ3n) is 7.51. The molecule has 2 heterocycles. The highest BCUT2D eigenvalue weighted by molar-refractivity contribution is 5.77. The summed E-state index contributed by atoms with van der Waals surface area (Å²) in [7, 11) is 0. The van der Waals surface area contributed by atoms with E-state index in [1.54, 1.807) is 0 Å². The Kier molecular flexibility index (Phi) is 14.3. The van der Waals surface area contributed by atoms with Gasteiger partial charge in [-0.1, -0.05) is 34.1 Å². The predicted octanol–water partition coefficient (Wildman–Crippen LogP) is 1.47. The molecule has 2 rings (SSSR count). The minimum absolute atomic E-state index is 0.0453. The van der Waals surface area contributed by atoms with Gasteiger partial charge >= 0.3 is 0 Å². The number of carbonyl (C=O) groups is 3. The molecule has 5 N–H and O–H groups in total. The normalized spacial score (nSPS) is 28.9. The van der Waals surface area contributed by atoms with Crippen molar-refractivity contribution in [3.05, 3.63) is 0 Å². The van der Waals surface area contributed by atoms with E-state index in [1.807, 2.05) is 0 Å². The van der Waals surface area contributed by atoms with Crippen molar-refractivity contribution in [3.8, 4) is 0 Å². The molecule has 0 aromatic carbocycles. The summed E-state index contributed by atoms with van der Waals surface area (Å²) in [6.45, 7) is 11.3. The second-order valence-corrected chi connectivity index (χ2v) is 12.7. The van der Waals surface area contributed by atoms with Crippen LogP contribution < -0.4 is 10.6 Å². The highest BCUT2D eigenvalue weighted by Crippen LogP contribution is 2.33. The Morgan fingerprint density at radius 1 is 1.02 bits per heavy atom. The highest BCUT2D eigenvalue weighted by Gasteiger charge is 2.45. The number of aliphatic hydroxyl groups is 3. The molecule has 3 amide bonds. The molecule has 5 unspecified atom stereocenters. The number of ether oxygens (including phenoxy) is 2. The van der Waals surface area contributed by atoms with Crippen molar-refractivity contribution in [3.63, 3.8) is 0 Å². The van der Waals surface area contributed by atoms with Gasteiger partial charge in [0.25, 0.3) is 0 Å². The molecule has 0 aromatic rings. The molecule has 11 heteroatoms. The first-order valence-electron chi connectivity index (χ1n) is 14.9. The number of likely N-dealkylation sites (tertiary alicyclic amines) is 1. The van der Waals surface area contributed by atoms with E-state index in [0.29, 0.717) is 44.2 Å². The molecule has 2 saturated heterocycles. The maximum atomic E-state index is 12.8. The lowest BCUT2D eigenvalue weighted by Crippen LogP contribution is -2.64. The van der Waals surface area contributed by atoms with Gasteiger partial charge in [0.05, 0.1) is 6.61 Å². The van der Waals surface area contributed by atoms with Gasteiger partial charge in [0.2, 0.25) is 17.7 Å². The van der Waals surface area contributed by atoms with Gasteiger partial charge in [-0.2, -0.15) is 0 Å². The standard InChI is InChI=1S/C29H53N3O8/c1-19-15-21(16-29(3,4)5)32(17-19)24(36)12-7-6-9-13-30-23(35)11-8-10-14-39-28-25(31-20(2)34)27(38)26(37)22(18-33)40-28/h19,21-22,25-28,33,37-38H,6-18H2,1-5H3,(H,30,35)(H,31,34)/t19-,21+,22?,25?,26?,27?,28?/m1/s1.